The van der Waals surface area contributed by atoms with Crippen molar-refractivity contribution in [1.82, 2.24) is 4.57 Å². The lowest BCUT2D eigenvalue weighted by atomic mass is 9.95. The number of aromatic nitrogens is 1. The third-order valence-electron chi connectivity index (χ3n) is 12.3. The molecule has 0 aliphatic carbocycles. The van der Waals surface area contributed by atoms with Crippen molar-refractivity contribution in [2.24, 2.45) is 9.98 Å². The molecule has 0 spiro atoms. The molecule has 0 N–H and O–H groups in total. The fourth-order valence-corrected chi connectivity index (χ4v) is 10.5. The minimum absolute atomic E-state index is 0.353. The van der Waals surface area contributed by atoms with Crippen molar-refractivity contribution < 1.29 is 0 Å². The number of hydrogen-bond acceptors (Lipinski definition) is 2. The van der Waals surface area contributed by atoms with Crippen LogP contribution < -0.4 is 0 Å². The molecule has 11 rings (SSSR count). The summed E-state index contributed by atoms with van der Waals surface area (Å²) in [5, 5.41) is 10.1. The van der Waals surface area contributed by atoms with Crippen LogP contribution >= 0.6 is 11.3 Å². The molecule has 62 heavy (non-hydrogen) atoms. The van der Waals surface area contributed by atoms with Gasteiger partial charge in [-0.05, 0) is 88.2 Å². The first kappa shape index (κ1) is 37.6. The normalized spacial score (nSPS) is 12.9. The van der Waals surface area contributed by atoms with Gasteiger partial charge in [0.1, 0.15) is 0 Å². The minimum atomic E-state index is -0.353. The molecule has 0 saturated heterocycles. The van der Waals surface area contributed by atoms with Gasteiger partial charge in [-0.1, -0.05) is 176 Å². The third kappa shape index (κ3) is 6.70. The molecule has 0 radical (unpaired) electrons. The second-order valence-electron chi connectivity index (χ2n) is 16.3. The highest BCUT2D eigenvalue weighted by molar-refractivity contribution is 7.25. The van der Waals surface area contributed by atoms with E-state index in [0.29, 0.717) is 12.4 Å². The van der Waals surface area contributed by atoms with Crippen LogP contribution in [0.1, 0.15) is 42.1 Å². The van der Waals surface area contributed by atoms with Crippen molar-refractivity contribution in [3.05, 3.63) is 229 Å². The highest BCUT2D eigenvalue weighted by atomic mass is 32.1. The number of nitrogens with zero attached hydrogens (tertiary/aromatic N) is 3. The molecule has 1 atom stereocenters. The molecular weight excluding hydrogens is 771 g/mol. The Bertz CT molecular complexity index is 3590. The van der Waals surface area contributed by atoms with E-state index in [1.165, 1.54) is 69.1 Å². The van der Waals surface area contributed by atoms with Gasteiger partial charge >= 0.3 is 0 Å². The van der Waals surface area contributed by atoms with Gasteiger partial charge in [0, 0.05) is 54.2 Å². The van der Waals surface area contributed by atoms with Crippen LogP contribution in [0.4, 0.5) is 0 Å². The van der Waals surface area contributed by atoms with Crippen LogP contribution in [0.25, 0.3) is 74.6 Å². The predicted molar refractivity (Wildman–Crippen MR) is 268 cm³/mol. The maximum Gasteiger partial charge on any atom is 0.155 e. The van der Waals surface area contributed by atoms with Gasteiger partial charge in [0.2, 0.25) is 0 Å². The lowest BCUT2D eigenvalue weighted by molar-refractivity contribution is 0.838. The van der Waals surface area contributed by atoms with Crippen LogP contribution in [0.15, 0.2) is 216 Å². The molecule has 1 unspecified atom stereocenters. The highest BCUT2D eigenvalue weighted by Gasteiger charge is 2.22. The molecule has 2 aromatic heterocycles. The van der Waals surface area contributed by atoms with Gasteiger partial charge in [-0.3, -0.25) is 4.99 Å². The lowest BCUT2D eigenvalue weighted by Crippen LogP contribution is -2.08. The Hall–Kier alpha value is -7.40. The lowest BCUT2D eigenvalue weighted by Gasteiger charge is -2.18. The van der Waals surface area contributed by atoms with Crippen LogP contribution in [0, 0.1) is 0 Å². The second-order valence-corrected chi connectivity index (χ2v) is 17.4. The van der Waals surface area contributed by atoms with Crippen molar-refractivity contribution >= 4 is 86.4 Å². The molecule has 2 heterocycles. The summed E-state index contributed by atoms with van der Waals surface area (Å²) in [6.07, 6.45) is 0. The van der Waals surface area contributed by atoms with Gasteiger partial charge < -0.3 is 4.57 Å². The number of rotatable bonds is 8. The van der Waals surface area contributed by atoms with Crippen LogP contribution in [0.2, 0.25) is 0 Å². The quantitative estimate of drug-likeness (QED) is 0.0831. The highest BCUT2D eigenvalue weighted by Crippen LogP contribution is 2.42. The molecule has 0 fully saturated rings. The van der Waals surface area contributed by atoms with Gasteiger partial charge in [-0.2, -0.15) is 0 Å². The van der Waals surface area contributed by atoms with E-state index in [2.05, 4.69) is 213 Å². The maximum atomic E-state index is 5.62. The van der Waals surface area contributed by atoms with Gasteiger partial charge in [0.05, 0.1) is 17.1 Å². The number of hydrogen-bond donors (Lipinski definition) is 0. The van der Waals surface area contributed by atoms with Crippen molar-refractivity contribution in [2.45, 2.75) is 26.4 Å². The summed E-state index contributed by atoms with van der Waals surface area (Å²) in [6.45, 7) is 9.45. The summed E-state index contributed by atoms with van der Waals surface area (Å²) in [5.74, 6) is 0.677. The van der Waals surface area contributed by atoms with Crippen molar-refractivity contribution in [3.8, 4) is 11.1 Å². The molecule has 0 aliphatic heterocycles. The van der Waals surface area contributed by atoms with Crippen molar-refractivity contribution in [3.63, 3.8) is 0 Å². The summed E-state index contributed by atoms with van der Waals surface area (Å²) in [6, 6.07) is 69.6. The van der Waals surface area contributed by atoms with Crippen LogP contribution in [-0.2, 0) is 6.54 Å². The zero-order valence-corrected chi connectivity index (χ0v) is 35.5. The molecule has 11 aromatic rings. The summed E-state index contributed by atoms with van der Waals surface area (Å²) in [4.78, 5) is 10.9. The van der Waals surface area contributed by atoms with E-state index < -0.39 is 0 Å². The monoisotopic (exact) mass is 813 g/mol. The zero-order valence-electron chi connectivity index (χ0n) is 34.7. The fourth-order valence-electron chi connectivity index (χ4n) is 9.26. The van der Waals surface area contributed by atoms with Gasteiger partial charge in [-0.25, -0.2) is 4.99 Å². The first-order chi connectivity index (χ1) is 30.5. The van der Waals surface area contributed by atoms with E-state index >= 15 is 0 Å². The molecule has 3 nitrogen and oxygen atoms in total. The third-order valence-corrected chi connectivity index (χ3v) is 13.4. The SMILES string of the molecule is C=C(C)C(/N=C(\N=C(/C)c1ccccc1)c1cccc(-c2ccccc2)c1)c1cc(Cn2c3cc4ccccc4cc3c3ccc4ccccc4c32)c2c(c1)sc1ccccc12. The first-order valence-electron chi connectivity index (χ1n) is 21.2. The second kappa shape index (κ2) is 15.6. The van der Waals surface area contributed by atoms with Gasteiger partial charge in [0.15, 0.2) is 5.84 Å². The topological polar surface area (TPSA) is 29.6 Å². The zero-order chi connectivity index (χ0) is 41.7. The molecular formula is C58H43N3S. The molecule has 0 amide bonds. The predicted octanol–water partition coefficient (Wildman–Crippen LogP) is 15.8. The average molecular weight is 814 g/mol. The molecule has 0 saturated carbocycles. The first-order valence-corrected chi connectivity index (χ1v) is 22.0. The Labute approximate surface area is 365 Å². The van der Waals surface area contributed by atoms with E-state index in [1.54, 1.807) is 0 Å². The Morgan fingerprint density at radius 2 is 1.21 bits per heavy atom. The summed E-state index contributed by atoms with van der Waals surface area (Å²) in [5.41, 5.74) is 11.0. The van der Waals surface area contributed by atoms with E-state index in [1.807, 2.05) is 17.4 Å². The van der Waals surface area contributed by atoms with E-state index in [-0.39, 0.29) is 6.04 Å². The maximum absolute atomic E-state index is 5.62. The Kier molecular flexibility index (Phi) is 9.44. The molecule has 296 valence electrons. The summed E-state index contributed by atoms with van der Waals surface area (Å²) >= 11 is 1.85. The van der Waals surface area contributed by atoms with Crippen molar-refractivity contribution in [1.29, 1.82) is 0 Å². The smallest absolute Gasteiger partial charge is 0.155 e. The van der Waals surface area contributed by atoms with Crippen LogP contribution in [0.3, 0.4) is 0 Å². The molecule has 4 heteroatoms. The van der Waals surface area contributed by atoms with E-state index in [0.717, 1.165) is 39.1 Å². The average Bonchev–Trinajstić information content (AvgIpc) is 3.85. The Balaban J connectivity index is 1.14. The van der Waals surface area contributed by atoms with Crippen molar-refractivity contribution in [2.75, 3.05) is 0 Å². The number of benzene rings is 9. The minimum Gasteiger partial charge on any atom is -0.335 e. The molecule has 0 aliphatic rings. The van der Waals surface area contributed by atoms with Gasteiger partial charge in [-0.15, -0.1) is 11.3 Å². The largest absolute Gasteiger partial charge is 0.335 e. The number of thiophene rings is 1. The number of aliphatic imine (C=N–C) groups is 2. The van der Waals surface area contributed by atoms with E-state index in [4.69, 9.17) is 9.98 Å². The van der Waals surface area contributed by atoms with Crippen LogP contribution in [0.5, 0.6) is 0 Å². The van der Waals surface area contributed by atoms with Crippen LogP contribution in [-0.4, -0.2) is 16.1 Å². The fraction of sp³-hybridized carbons (Fsp3) is 0.0690. The summed E-state index contributed by atoms with van der Waals surface area (Å²) in [7, 11) is 0. The molecule has 0 bridgehead atoms. The van der Waals surface area contributed by atoms with Gasteiger partial charge in [0.25, 0.3) is 0 Å². The Morgan fingerprint density at radius 1 is 0.548 bits per heavy atom. The van der Waals surface area contributed by atoms with E-state index in [9.17, 15) is 0 Å². The standard InChI is InChI=1S/C58H43N3S/c1-37(2)56(60-58(59-38(3)39-17-6-4-7-18-39)45-25-16-24-42(31-45)40-19-8-5-9-20-40)46-32-47(55-50-27-14-15-28-53(50)62-54(55)35-46)36-61-52-34-44-23-11-10-22-43(44)33-51(52)49-30-29-41-21-12-13-26-48(41)57(49)61/h4-35,56H,1,36H2,2-3H3/b59-38+,60-58-. The number of amidine groups is 1. The number of fused-ring (bicyclic) bond motifs is 9. The molecule has 9 aromatic carbocycles. The summed E-state index contributed by atoms with van der Waals surface area (Å²) < 4.78 is 5.08. The Morgan fingerprint density at radius 3 is 2.00 bits per heavy atom.